The number of carboxylic acid groups (broad SMARTS) is 1. The van der Waals surface area contributed by atoms with Crippen LogP contribution in [0.4, 0.5) is 0 Å². The lowest BCUT2D eigenvalue weighted by Crippen LogP contribution is -2.28. The Bertz CT molecular complexity index is 1170. The van der Waals surface area contributed by atoms with E-state index < -0.39 is 11.9 Å². The summed E-state index contributed by atoms with van der Waals surface area (Å²) in [6, 6.07) is 16.0. The molecular formula is C37H54N2O4. The number of hydrogen-bond acceptors (Lipinski definition) is 5. The number of ketones is 1. The second-order valence-corrected chi connectivity index (χ2v) is 11.1. The van der Waals surface area contributed by atoms with Gasteiger partial charge in [0.15, 0.2) is 0 Å². The van der Waals surface area contributed by atoms with Crippen molar-refractivity contribution in [3.63, 3.8) is 0 Å². The van der Waals surface area contributed by atoms with Crippen LogP contribution in [0, 0.1) is 18.8 Å². The van der Waals surface area contributed by atoms with Crippen molar-refractivity contribution in [1.29, 1.82) is 0 Å². The quantitative estimate of drug-likeness (QED) is 0.240. The second kappa shape index (κ2) is 22.1. The number of nitrogens with zero attached hydrogens (tertiary/aromatic N) is 2. The molecule has 0 spiro atoms. The van der Waals surface area contributed by atoms with Gasteiger partial charge >= 0.3 is 5.97 Å². The van der Waals surface area contributed by atoms with Gasteiger partial charge in [-0.15, -0.1) is 0 Å². The monoisotopic (exact) mass is 590 g/mol. The first-order chi connectivity index (χ1) is 20.7. The molecular weight excluding hydrogens is 536 g/mol. The van der Waals surface area contributed by atoms with E-state index in [0.717, 1.165) is 49.3 Å². The molecule has 3 aromatic rings. The van der Waals surface area contributed by atoms with Crippen molar-refractivity contribution >= 4 is 11.8 Å². The molecule has 4 rings (SSSR count). The van der Waals surface area contributed by atoms with Gasteiger partial charge in [0.05, 0.1) is 12.5 Å². The zero-order chi connectivity index (χ0) is 32.0. The highest BCUT2D eigenvalue weighted by Crippen LogP contribution is 2.38. The van der Waals surface area contributed by atoms with E-state index in [1.165, 1.54) is 30.4 Å². The van der Waals surface area contributed by atoms with E-state index in [1.54, 1.807) is 19.3 Å². The fourth-order valence-electron chi connectivity index (χ4n) is 4.85. The standard InChI is InChI=1S/C22H27NO3.C6H7N.C5H12.C4H8O/c1-3-19(16-8-10-20-17(14-16)11-13-26-20)21(22(24)25)15(2)7-9-18-6-4-5-12-23-18;1-6-3-2-4-7-5-6;1-3-5-4-2;1-3-4(2)5/h4-6,8,10,12,14-15,19,21H,3,7,9,11,13H2,1-2H3,(H,24,25);2-5H,1H3;3-5H2,1-2H3;3H2,1-2H3/t15?,19?,21-;;;/m0.../s1. The smallest absolute Gasteiger partial charge is 0.307 e. The first-order valence-electron chi connectivity index (χ1n) is 15.9. The van der Waals surface area contributed by atoms with Crippen molar-refractivity contribution in [3.05, 3.63) is 89.5 Å². The predicted molar refractivity (Wildman–Crippen MR) is 177 cm³/mol. The van der Waals surface area contributed by atoms with E-state index in [2.05, 4.69) is 43.7 Å². The van der Waals surface area contributed by atoms with Gasteiger partial charge in [-0.3, -0.25) is 14.8 Å². The number of carbonyl (C=O) groups is 2. The molecule has 0 radical (unpaired) electrons. The summed E-state index contributed by atoms with van der Waals surface area (Å²) in [5, 5.41) is 9.96. The minimum absolute atomic E-state index is 0.0112. The molecule has 6 heteroatoms. The van der Waals surface area contributed by atoms with Gasteiger partial charge < -0.3 is 14.6 Å². The maximum atomic E-state index is 12.1. The molecule has 6 nitrogen and oxygen atoms in total. The molecule has 3 atom stereocenters. The Hall–Kier alpha value is -3.54. The van der Waals surface area contributed by atoms with Gasteiger partial charge in [-0.1, -0.05) is 78.1 Å². The Morgan fingerprint density at radius 2 is 1.72 bits per heavy atom. The zero-order valence-electron chi connectivity index (χ0n) is 27.5. The highest BCUT2D eigenvalue weighted by atomic mass is 16.5. The Labute approximate surface area is 260 Å². The van der Waals surface area contributed by atoms with Gasteiger partial charge in [-0.25, -0.2) is 0 Å². The summed E-state index contributed by atoms with van der Waals surface area (Å²) < 4.78 is 5.59. The molecule has 0 saturated carbocycles. The molecule has 0 amide bonds. The maximum absolute atomic E-state index is 12.1. The summed E-state index contributed by atoms with van der Waals surface area (Å²) >= 11 is 0. The number of ether oxygens (including phenoxy) is 1. The fraction of sp³-hybridized carbons (Fsp3) is 0.514. The number of carboxylic acids is 1. The number of unbranched alkanes of at least 4 members (excludes halogenated alkanes) is 2. The van der Waals surface area contributed by atoms with Gasteiger partial charge in [-0.2, -0.15) is 0 Å². The van der Waals surface area contributed by atoms with Gasteiger partial charge in [0.25, 0.3) is 0 Å². The van der Waals surface area contributed by atoms with Crippen molar-refractivity contribution < 1.29 is 19.4 Å². The van der Waals surface area contributed by atoms with Crippen molar-refractivity contribution in [3.8, 4) is 5.75 Å². The Morgan fingerprint density at radius 1 is 1.00 bits per heavy atom. The number of aryl methyl sites for hydroxylation is 2. The van der Waals surface area contributed by atoms with E-state index in [9.17, 15) is 14.7 Å². The van der Waals surface area contributed by atoms with Gasteiger partial charge in [0, 0.05) is 37.1 Å². The van der Waals surface area contributed by atoms with E-state index >= 15 is 0 Å². The van der Waals surface area contributed by atoms with Crippen LogP contribution in [0.25, 0.3) is 0 Å². The third-order valence-corrected chi connectivity index (χ3v) is 7.51. The molecule has 0 fully saturated rings. The fourth-order valence-corrected chi connectivity index (χ4v) is 4.85. The lowest BCUT2D eigenvalue weighted by Gasteiger charge is -2.29. The number of aromatic nitrogens is 2. The molecule has 1 aliphatic heterocycles. The molecule has 0 bridgehead atoms. The topological polar surface area (TPSA) is 89.4 Å². The molecule has 0 saturated heterocycles. The van der Waals surface area contributed by atoms with Crippen molar-refractivity contribution in [2.75, 3.05) is 6.61 Å². The Morgan fingerprint density at radius 3 is 2.19 bits per heavy atom. The van der Waals surface area contributed by atoms with Crippen LogP contribution in [0.1, 0.15) is 108 Å². The van der Waals surface area contributed by atoms with Crippen LogP contribution in [0.3, 0.4) is 0 Å². The molecule has 1 N–H and O–H groups in total. The van der Waals surface area contributed by atoms with Crippen LogP contribution in [0.15, 0.2) is 67.1 Å². The first-order valence-corrected chi connectivity index (χ1v) is 15.9. The highest BCUT2D eigenvalue weighted by Gasteiger charge is 2.33. The number of rotatable bonds is 11. The molecule has 2 aromatic heterocycles. The third kappa shape index (κ3) is 15.0. The van der Waals surface area contributed by atoms with Crippen LogP contribution in [-0.4, -0.2) is 33.4 Å². The summed E-state index contributed by atoms with van der Waals surface area (Å²) in [5.74, 6) is 0.177. The number of pyridine rings is 2. The molecule has 1 aromatic carbocycles. The number of Topliss-reactive ketones (excluding diaryl/α,β-unsaturated/α-hetero) is 1. The number of hydrogen-bond donors (Lipinski definition) is 1. The number of carbonyl (C=O) groups excluding carboxylic acids is 1. The molecule has 1 aliphatic rings. The summed E-state index contributed by atoms with van der Waals surface area (Å²) in [5.41, 5.74) is 4.55. The summed E-state index contributed by atoms with van der Waals surface area (Å²) in [6.45, 7) is 14.7. The SMILES string of the molecule is CCC(C)=O.CCC(c1ccc2c(c1)CCO2)[C@@H](C(=O)O)C(C)CCc1ccccn1.CCCCC.Cc1cccnc1. The summed E-state index contributed by atoms with van der Waals surface area (Å²) in [7, 11) is 0. The third-order valence-electron chi connectivity index (χ3n) is 7.51. The Balaban J connectivity index is 0.000000441. The summed E-state index contributed by atoms with van der Waals surface area (Å²) in [6.07, 6.45) is 13.5. The summed E-state index contributed by atoms with van der Waals surface area (Å²) in [4.78, 5) is 30.2. The highest BCUT2D eigenvalue weighted by molar-refractivity contribution is 5.74. The van der Waals surface area contributed by atoms with E-state index in [0.29, 0.717) is 6.42 Å². The minimum atomic E-state index is -0.706. The van der Waals surface area contributed by atoms with Crippen LogP contribution < -0.4 is 4.74 Å². The van der Waals surface area contributed by atoms with Gasteiger partial charge in [0.2, 0.25) is 0 Å². The van der Waals surface area contributed by atoms with E-state index in [-0.39, 0.29) is 17.6 Å². The van der Waals surface area contributed by atoms with Crippen molar-refractivity contribution in [2.45, 2.75) is 106 Å². The lowest BCUT2D eigenvalue weighted by atomic mass is 9.75. The lowest BCUT2D eigenvalue weighted by molar-refractivity contribution is -0.144. The zero-order valence-corrected chi connectivity index (χ0v) is 27.5. The van der Waals surface area contributed by atoms with Crippen LogP contribution in [-0.2, 0) is 22.4 Å². The number of benzene rings is 1. The van der Waals surface area contributed by atoms with Crippen LogP contribution >= 0.6 is 0 Å². The number of aliphatic carboxylic acids is 1. The first kappa shape index (κ1) is 37.5. The second-order valence-electron chi connectivity index (χ2n) is 11.1. The van der Waals surface area contributed by atoms with Crippen LogP contribution in [0.5, 0.6) is 5.75 Å². The molecule has 43 heavy (non-hydrogen) atoms. The molecule has 0 aliphatic carbocycles. The predicted octanol–water partition coefficient (Wildman–Crippen LogP) is 9.05. The Kier molecular flexibility index (Phi) is 19.2. The van der Waals surface area contributed by atoms with Crippen molar-refractivity contribution in [2.24, 2.45) is 11.8 Å². The molecule has 236 valence electrons. The minimum Gasteiger partial charge on any atom is -0.493 e. The number of fused-ring (bicyclic) bond motifs is 1. The largest absolute Gasteiger partial charge is 0.493 e. The van der Waals surface area contributed by atoms with Crippen molar-refractivity contribution in [1.82, 2.24) is 9.97 Å². The van der Waals surface area contributed by atoms with E-state index in [1.807, 2.05) is 62.5 Å². The normalized spacial score (nSPS) is 13.2. The molecule has 2 unspecified atom stereocenters. The van der Waals surface area contributed by atoms with E-state index in [4.69, 9.17) is 4.74 Å². The van der Waals surface area contributed by atoms with Gasteiger partial charge in [-0.05, 0) is 85.9 Å². The average molecular weight is 591 g/mol. The van der Waals surface area contributed by atoms with Gasteiger partial charge in [0.1, 0.15) is 11.5 Å². The average Bonchev–Trinajstić information content (AvgIpc) is 3.49. The maximum Gasteiger partial charge on any atom is 0.307 e. The van der Waals surface area contributed by atoms with Crippen LogP contribution in [0.2, 0.25) is 0 Å². The molecule has 3 heterocycles.